The SMILES string of the molecule is Cc1ccc(Sc2ccc(/C=C3\SC(=O)N(CC(=O)Nc4ccccc4Br)C3=O)cc2)cc1. The van der Waals surface area contributed by atoms with Crippen LogP contribution in [0.4, 0.5) is 10.5 Å². The molecular formula is C25H19BrN2O3S2. The molecule has 166 valence electrons. The van der Waals surface area contributed by atoms with Crippen LogP contribution in [-0.2, 0) is 9.59 Å². The van der Waals surface area contributed by atoms with Gasteiger partial charge in [0, 0.05) is 14.3 Å². The molecule has 0 atom stereocenters. The molecule has 5 nitrogen and oxygen atoms in total. The minimum absolute atomic E-state index is 0.299. The molecule has 0 unspecified atom stereocenters. The van der Waals surface area contributed by atoms with Gasteiger partial charge in [-0.1, -0.05) is 53.7 Å². The lowest BCUT2D eigenvalue weighted by atomic mass is 10.2. The fourth-order valence-electron chi connectivity index (χ4n) is 3.06. The maximum absolute atomic E-state index is 12.7. The van der Waals surface area contributed by atoms with Crippen LogP contribution in [0.2, 0.25) is 0 Å². The van der Waals surface area contributed by atoms with E-state index in [2.05, 4.69) is 52.4 Å². The topological polar surface area (TPSA) is 66.5 Å². The molecule has 1 heterocycles. The molecule has 0 spiro atoms. The predicted octanol–water partition coefficient (Wildman–Crippen LogP) is 6.58. The van der Waals surface area contributed by atoms with E-state index in [1.54, 1.807) is 36.0 Å². The van der Waals surface area contributed by atoms with Crippen LogP contribution in [0.1, 0.15) is 11.1 Å². The number of halogens is 1. The van der Waals surface area contributed by atoms with Gasteiger partial charge in [-0.15, -0.1) is 0 Å². The Labute approximate surface area is 208 Å². The zero-order chi connectivity index (χ0) is 23.4. The summed E-state index contributed by atoms with van der Waals surface area (Å²) in [5.74, 6) is -0.909. The third-order valence-corrected chi connectivity index (χ3v) is 7.37. The van der Waals surface area contributed by atoms with E-state index >= 15 is 0 Å². The highest BCUT2D eigenvalue weighted by molar-refractivity contribution is 9.10. The molecule has 1 aliphatic rings. The largest absolute Gasteiger partial charge is 0.324 e. The molecular weight excluding hydrogens is 520 g/mol. The predicted molar refractivity (Wildman–Crippen MR) is 137 cm³/mol. The summed E-state index contributed by atoms with van der Waals surface area (Å²) in [7, 11) is 0. The van der Waals surface area contributed by atoms with Crippen molar-refractivity contribution < 1.29 is 14.4 Å². The summed E-state index contributed by atoms with van der Waals surface area (Å²) in [6.45, 7) is 1.72. The number of hydrogen-bond donors (Lipinski definition) is 1. The van der Waals surface area contributed by atoms with E-state index in [0.717, 1.165) is 36.5 Å². The van der Waals surface area contributed by atoms with Crippen LogP contribution in [-0.4, -0.2) is 28.5 Å². The van der Waals surface area contributed by atoms with Gasteiger partial charge in [-0.2, -0.15) is 0 Å². The Bertz CT molecular complexity index is 1240. The summed E-state index contributed by atoms with van der Waals surface area (Å²) in [6, 6.07) is 23.2. The number of anilines is 1. The normalized spacial score (nSPS) is 14.7. The fraction of sp³-hybridized carbons (Fsp3) is 0.0800. The molecule has 0 aromatic heterocycles. The third kappa shape index (κ3) is 5.96. The minimum Gasteiger partial charge on any atom is -0.324 e. The number of imide groups is 1. The van der Waals surface area contributed by atoms with E-state index in [1.807, 2.05) is 30.3 Å². The van der Waals surface area contributed by atoms with E-state index in [1.165, 1.54) is 5.56 Å². The van der Waals surface area contributed by atoms with Crippen molar-refractivity contribution in [3.8, 4) is 0 Å². The molecule has 0 aliphatic carbocycles. The number of benzene rings is 3. The molecule has 0 saturated carbocycles. The number of para-hydroxylation sites is 1. The second kappa shape index (κ2) is 10.4. The van der Waals surface area contributed by atoms with E-state index in [9.17, 15) is 14.4 Å². The number of nitrogens with one attached hydrogen (secondary N) is 1. The highest BCUT2D eigenvalue weighted by atomic mass is 79.9. The molecule has 3 aromatic carbocycles. The number of nitrogens with zero attached hydrogens (tertiary/aromatic N) is 1. The average Bonchev–Trinajstić information content (AvgIpc) is 3.05. The van der Waals surface area contributed by atoms with Crippen molar-refractivity contribution in [2.24, 2.45) is 0 Å². The molecule has 0 radical (unpaired) electrons. The van der Waals surface area contributed by atoms with Crippen LogP contribution in [0.15, 0.2) is 92.0 Å². The molecule has 0 bridgehead atoms. The van der Waals surface area contributed by atoms with Crippen LogP contribution in [0.5, 0.6) is 0 Å². The molecule has 33 heavy (non-hydrogen) atoms. The van der Waals surface area contributed by atoms with E-state index in [4.69, 9.17) is 0 Å². The Morgan fingerprint density at radius 1 is 1.00 bits per heavy atom. The van der Waals surface area contributed by atoms with Gasteiger partial charge in [-0.05, 0) is 82.7 Å². The van der Waals surface area contributed by atoms with Gasteiger partial charge in [0.1, 0.15) is 6.54 Å². The molecule has 8 heteroatoms. The molecule has 3 aromatic rings. The van der Waals surface area contributed by atoms with Gasteiger partial charge in [0.25, 0.3) is 11.1 Å². The first-order chi connectivity index (χ1) is 15.9. The smallest absolute Gasteiger partial charge is 0.294 e. The molecule has 1 aliphatic heterocycles. The maximum Gasteiger partial charge on any atom is 0.294 e. The first-order valence-electron chi connectivity index (χ1n) is 10.0. The van der Waals surface area contributed by atoms with E-state index in [-0.39, 0.29) is 6.54 Å². The molecule has 1 N–H and O–H groups in total. The van der Waals surface area contributed by atoms with Crippen molar-refractivity contribution in [1.82, 2.24) is 4.90 Å². The van der Waals surface area contributed by atoms with Crippen molar-refractivity contribution in [3.05, 3.63) is 93.3 Å². The van der Waals surface area contributed by atoms with Gasteiger partial charge < -0.3 is 5.32 Å². The van der Waals surface area contributed by atoms with Crippen LogP contribution >= 0.6 is 39.5 Å². The zero-order valence-electron chi connectivity index (χ0n) is 17.6. The Morgan fingerprint density at radius 3 is 2.30 bits per heavy atom. The summed E-state index contributed by atoms with van der Waals surface area (Å²) in [5.41, 5.74) is 2.61. The lowest BCUT2D eigenvalue weighted by Crippen LogP contribution is -2.36. The first-order valence-corrected chi connectivity index (χ1v) is 12.5. The molecule has 1 saturated heterocycles. The molecule has 1 fully saturated rings. The standard InChI is InChI=1S/C25H19BrN2O3S2/c1-16-6-10-18(11-7-16)32-19-12-8-17(9-13-19)14-22-24(30)28(25(31)33-22)15-23(29)27-21-5-3-2-4-20(21)26/h2-14H,15H2,1H3,(H,27,29)/b22-14-. The minimum atomic E-state index is -0.467. The Balaban J connectivity index is 1.40. The van der Waals surface area contributed by atoms with Crippen LogP contribution in [0.25, 0.3) is 6.08 Å². The zero-order valence-corrected chi connectivity index (χ0v) is 20.8. The van der Waals surface area contributed by atoms with Crippen LogP contribution in [0.3, 0.4) is 0 Å². The van der Waals surface area contributed by atoms with Crippen LogP contribution < -0.4 is 5.32 Å². The van der Waals surface area contributed by atoms with Crippen molar-refractivity contribution in [2.75, 3.05) is 11.9 Å². The number of rotatable bonds is 6. The number of carbonyl (C=O) groups excluding carboxylic acids is 3. The number of hydrogen-bond acceptors (Lipinski definition) is 5. The first kappa shape index (κ1) is 23.4. The van der Waals surface area contributed by atoms with Crippen molar-refractivity contribution >= 4 is 68.3 Å². The quantitative estimate of drug-likeness (QED) is 0.359. The monoisotopic (exact) mass is 538 g/mol. The van der Waals surface area contributed by atoms with Gasteiger partial charge in [0.05, 0.1) is 10.6 Å². The van der Waals surface area contributed by atoms with Crippen molar-refractivity contribution in [2.45, 2.75) is 16.7 Å². The Hall–Kier alpha value is -2.81. The summed E-state index contributed by atoms with van der Waals surface area (Å²) in [5, 5.41) is 2.25. The summed E-state index contributed by atoms with van der Waals surface area (Å²) in [6.07, 6.45) is 1.68. The average molecular weight is 539 g/mol. The van der Waals surface area contributed by atoms with Crippen LogP contribution in [0, 0.1) is 6.92 Å². The number of carbonyl (C=O) groups is 3. The number of amides is 3. The lowest BCUT2D eigenvalue weighted by Gasteiger charge is -2.13. The van der Waals surface area contributed by atoms with Gasteiger partial charge in [0.15, 0.2) is 0 Å². The fourth-order valence-corrected chi connectivity index (χ4v) is 5.10. The molecule has 4 rings (SSSR count). The second-order valence-electron chi connectivity index (χ2n) is 7.28. The summed E-state index contributed by atoms with van der Waals surface area (Å²) in [4.78, 5) is 40.9. The van der Waals surface area contributed by atoms with E-state index in [0.29, 0.717) is 10.6 Å². The number of thioether (sulfide) groups is 1. The maximum atomic E-state index is 12.7. The lowest BCUT2D eigenvalue weighted by molar-refractivity contribution is -0.127. The number of aryl methyl sites for hydroxylation is 1. The highest BCUT2D eigenvalue weighted by Crippen LogP contribution is 2.33. The van der Waals surface area contributed by atoms with Crippen molar-refractivity contribution in [3.63, 3.8) is 0 Å². The highest BCUT2D eigenvalue weighted by Gasteiger charge is 2.36. The van der Waals surface area contributed by atoms with Crippen molar-refractivity contribution in [1.29, 1.82) is 0 Å². The Morgan fingerprint density at radius 2 is 1.64 bits per heavy atom. The van der Waals surface area contributed by atoms with Gasteiger partial charge in [-0.3, -0.25) is 19.3 Å². The van der Waals surface area contributed by atoms with E-state index < -0.39 is 17.1 Å². The Kier molecular flexibility index (Phi) is 7.37. The summed E-state index contributed by atoms with van der Waals surface area (Å²) >= 11 is 5.85. The third-order valence-electron chi connectivity index (χ3n) is 4.76. The van der Waals surface area contributed by atoms with Gasteiger partial charge >= 0.3 is 0 Å². The molecule has 3 amide bonds. The second-order valence-corrected chi connectivity index (χ2v) is 10.3. The van der Waals surface area contributed by atoms with Gasteiger partial charge in [-0.25, -0.2) is 0 Å². The van der Waals surface area contributed by atoms with Gasteiger partial charge in [0.2, 0.25) is 5.91 Å². The summed E-state index contributed by atoms with van der Waals surface area (Å²) < 4.78 is 0.719.